The average Bonchev–Trinajstić information content (AvgIpc) is 2.34. The Balaban J connectivity index is 2.88. The number of carbonyl (C=O) groups excluding carboxylic acids is 1. The molecular formula is C7H11N3O2. The van der Waals surface area contributed by atoms with E-state index < -0.39 is 0 Å². The fourth-order valence-electron chi connectivity index (χ4n) is 0.847. The molecule has 0 atom stereocenters. The molecule has 1 rings (SSSR count). The van der Waals surface area contributed by atoms with Gasteiger partial charge in [0.25, 0.3) is 5.91 Å². The van der Waals surface area contributed by atoms with Gasteiger partial charge in [-0.3, -0.25) is 14.7 Å². The van der Waals surface area contributed by atoms with Crippen molar-refractivity contribution < 1.29 is 9.63 Å². The smallest absolute Gasteiger partial charge is 0.282 e. The van der Waals surface area contributed by atoms with Crippen LogP contribution >= 0.6 is 0 Å². The van der Waals surface area contributed by atoms with E-state index in [0.717, 1.165) is 11.3 Å². The van der Waals surface area contributed by atoms with Crippen molar-refractivity contribution >= 4 is 5.91 Å². The van der Waals surface area contributed by atoms with E-state index in [1.807, 2.05) is 13.8 Å². The average molecular weight is 169 g/mol. The standard InChI is InChI=1S/C7H11N3O2/c1-4-5(2)8-9-6(4)7(11)10-12-3/h1-3H3,(H,8,9)(H,10,11). The highest BCUT2D eigenvalue weighted by Gasteiger charge is 2.13. The number of nitrogens with one attached hydrogen (secondary N) is 2. The third kappa shape index (κ3) is 1.45. The molecule has 0 aliphatic heterocycles. The number of hydrogen-bond donors (Lipinski definition) is 2. The minimum absolute atomic E-state index is 0.334. The van der Waals surface area contributed by atoms with Crippen LogP contribution < -0.4 is 5.48 Å². The number of rotatable bonds is 2. The lowest BCUT2D eigenvalue weighted by Crippen LogP contribution is -2.22. The fourth-order valence-corrected chi connectivity index (χ4v) is 0.847. The van der Waals surface area contributed by atoms with Crippen molar-refractivity contribution in [1.29, 1.82) is 0 Å². The van der Waals surface area contributed by atoms with E-state index in [9.17, 15) is 4.79 Å². The molecule has 0 saturated heterocycles. The summed E-state index contributed by atoms with van der Waals surface area (Å²) in [6, 6.07) is 0. The van der Waals surface area contributed by atoms with Gasteiger partial charge in [-0.1, -0.05) is 0 Å². The number of amides is 1. The van der Waals surface area contributed by atoms with E-state index in [1.165, 1.54) is 7.11 Å². The van der Waals surface area contributed by atoms with Crippen molar-refractivity contribution in [1.82, 2.24) is 15.7 Å². The number of H-pyrrole nitrogens is 1. The van der Waals surface area contributed by atoms with Crippen molar-refractivity contribution in [3.05, 3.63) is 17.0 Å². The first-order chi connectivity index (χ1) is 5.66. The van der Waals surface area contributed by atoms with Crippen molar-refractivity contribution in [3.63, 3.8) is 0 Å². The van der Waals surface area contributed by atoms with Crippen LogP contribution in [0.4, 0.5) is 0 Å². The van der Waals surface area contributed by atoms with E-state index >= 15 is 0 Å². The van der Waals surface area contributed by atoms with Crippen LogP contribution in [0.15, 0.2) is 0 Å². The SMILES string of the molecule is CONC(=O)c1n[nH]c(C)c1C. The van der Waals surface area contributed by atoms with E-state index in [2.05, 4.69) is 20.5 Å². The summed E-state index contributed by atoms with van der Waals surface area (Å²) in [7, 11) is 1.38. The third-order valence-corrected chi connectivity index (χ3v) is 1.66. The second kappa shape index (κ2) is 3.36. The summed E-state index contributed by atoms with van der Waals surface area (Å²) in [6.45, 7) is 3.68. The molecule has 0 radical (unpaired) electrons. The maximum atomic E-state index is 11.2. The fraction of sp³-hybridized carbons (Fsp3) is 0.429. The van der Waals surface area contributed by atoms with Gasteiger partial charge in [0.1, 0.15) is 0 Å². The van der Waals surface area contributed by atoms with Crippen LogP contribution in [0.25, 0.3) is 0 Å². The number of hydroxylamine groups is 1. The van der Waals surface area contributed by atoms with Gasteiger partial charge in [-0.15, -0.1) is 0 Å². The van der Waals surface area contributed by atoms with Gasteiger partial charge in [0.2, 0.25) is 0 Å². The molecule has 0 unspecified atom stereocenters. The Kier molecular flexibility index (Phi) is 2.44. The van der Waals surface area contributed by atoms with Gasteiger partial charge in [0, 0.05) is 11.3 Å². The second-order valence-corrected chi connectivity index (χ2v) is 2.46. The first-order valence-corrected chi connectivity index (χ1v) is 3.51. The maximum absolute atomic E-state index is 11.2. The molecule has 2 N–H and O–H groups in total. The number of nitrogens with zero attached hydrogens (tertiary/aromatic N) is 1. The molecule has 0 saturated carbocycles. The van der Waals surface area contributed by atoms with Gasteiger partial charge >= 0.3 is 0 Å². The van der Waals surface area contributed by atoms with Gasteiger partial charge < -0.3 is 0 Å². The Morgan fingerprint density at radius 1 is 1.58 bits per heavy atom. The lowest BCUT2D eigenvalue weighted by Gasteiger charge is -1.98. The largest absolute Gasteiger partial charge is 0.295 e. The van der Waals surface area contributed by atoms with Crippen molar-refractivity contribution in [2.45, 2.75) is 13.8 Å². The molecule has 0 fully saturated rings. The quantitative estimate of drug-likeness (QED) is 0.626. The molecule has 5 heteroatoms. The topological polar surface area (TPSA) is 67.0 Å². The zero-order valence-electron chi connectivity index (χ0n) is 7.26. The van der Waals surface area contributed by atoms with Gasteiger partial charge in [-0.05, 0) is 13.8 Å². The van der Waals surface area contributed by atoms with Crippen molar-refractivity contribution in [2.24, 2.45) is 0 Å². The summed E-state index contributed by atoms with van der Waals surface area (Å²) in [4.78, 5) is 15.6. The van der Waals surface area contributed by atoms with Crippen LogP contribution in [-0.4, -0.2) is 23.2 Å². The zero-order valence-corrected chi connectivity index (χ0v) is 7.26. The first kappa shape index (κ1) is 8.73. The van der Waals surface area contributed by atoms with Gasteiger partial charge in [-0.25, -0.2) is 5.48 Å². The van der Waals surface area contributed by atoms with Crippen LogP contribution in [0, 0.1) is 13.8 Å². The Morgan fingerprint density at radius 2 is 2.25 bits per heavy atom. The molecular weight excluding hydrogens is 158 g/mol. The van der Waals surface area contributed by atoms with E-state index in [1.54, 1.807) is 0 Å². The molecule has 0 spiro atoms. The molecule has 5 nitrogen and oxygen atoms in total. The molecule has 0 aliphatic carbocycles. The molecule has 0 aliphatic rings. The highest BCUT2D eigenvalue weighted by molar-refractivity contribution is 5.93. The van der Waals surface area contributed by atoms with Crippen LogP contribution in [0.1, 0.15) is 21.7 Å². The molecule has 1 aromatic rings. The molecule has 66 valence electrons. The zero-order chi connectivity index (χ0) is 9.14. The van der Waals surface area contributed by atoms with Crippen LogP contribution in [0.3, 0.4) is 0 Å². The number of hydrogen-bond acceptors (Lipinski definition) is 3. The van der Waals surface area contributed by atoms with E-state index in [4.69, 9.17) is 0 Å². The Bertz CT molecular complexity index is 293. The van der Waals surface area contributed by atoms with Gasteiger partial charge in [0.15, 0.2) is 5.69 Å². The highest BCUT2D eigenvalue weighted by Crippen LogP contribution is 2.07. The Hall–Kier alpha value is -1.36. The molecule has 0 bridgehead atoms. The van der Waals surface area contributed by atoms with E-state index in [0.29, 0.717) is 5.69 Å². The minimum atomic E-state index is -0.334. The molecule has 1 aromatic heterocycles. The predicted molar refractivity (Wildman–Crippen MR) is 42.5 cm³/mol. The van der Waals surface area contributed by atoms with Crippen LogP contribution in [0.2, 0.25) is 0 Å². The Morgan fingerprint density at radius 3 is 2.67 bits per heavy atom. The molecule has 0 aromatic carbocycles. The summed E-state index contributed by atoms with van der Waals surface area (Å²) in [5, 5.41) is 6.53. The normalized spacial score (nSPS) is 9.92. The maximum Gasteiger partial charge on any atom is 0.295 e. The summed E-state index contributed by atoms with van der Waals surface area (Å²) >= 11 is 0. The molecule has 1 heterocycles. The van der Waals surface area contributed by atoms with Crippen molar-refractivity contribution in [3.8, 4) is 0 Å². The lowest BCUT2D eigenvalue weighted by molar-refractivity contribution is 0.0531. The van der Waals surface area contributed by atoms with Crippen LogP contribution in [0.5, 0.6) is 0 Å². The minimum Gasteiger partial charge on any atom is -0.282 e. The lowest BCUT2D eigenvalue weighted by atomic mass is 10.2. The van der Waals surface area contributed by atoms with E-state index in [-0.39, 0.29) is 5.91 Å². The first-order valence-electron chi connectivity index (χ1n) is 3.51. The summed E-state index contributed by atoms with van der Waals surface area (Å²) in [5.74, 6) is -0.334. The molecule has 12 heavy (non-hydrogen) atoms. The summed E-state index contributed by atoms with van der Waals surface area (Å²) in [5.41, 5.74) is 4.29. The predicted octanol–water partition coefficient (Wildman–Crippen LogP) is 0.318. The Labute approximate surface area is 70.1 Å². The summed E-state index contributed by atoms with van der Waals surface area (Å²) in [6.07, 6.45) is 0. The highest BCUT2D eigenvalue weighted by atomic mass is 16.6. The molecule has 1 amide bonds. The number of carbonyl (C=O) groups is 1. The van der Waals surface area contributed by atoms with Crippen LogP contribution in [-0.2, 0) is 4.84 Å². The van der Waals surface area contributed by atoms with Gasteiger partial charge in [-0.2, -0.15) is 5.10 Å². The second-order valence-electron chi connectivity index (χ2n) is 2.46. The number of aromatic amines is 1. The number of aromatic nitrogens is 2. The van der Waals surface area contributed by atoms with Gasteiger partial charge in [0.05, 0.1) is 7.11 Å². The number of aryl methyl sites for hydroxylation is 1. The summed E-state index contributed by atoms with van der Waals surface area (Å²) < 4.78 is 0. The monoisotopic (exact) mass is 169 g/mol. The van der Waals surface area contributed by atoms with Crippen molar-refractivity contribution in [2.75, 3.05) is 7.11 Å². The third-order valence-electron chi connectivity index (χ3n) is 1.66.